The van der Waals surface area contributed by atoms with E-state index >= 15 is 0 Å². The van der Waals surface area contributed by atoms with Gasteiger partial charge < -0.3 is 4.74 Å². The minimum absolute atomic E-state index is 0.176. The second kappa shape index (κ2) is 14.1. The Kier molecular flexibility index (Phi) is 11.8. The van der Waals surface area contributed by atoms with Crippen LogP contribution in [0.5, 0.6) is 0 Å². The summed E-state index contributed by atoms with van der Waals surface area (Å²) in [6.45, 7) is 8.31. The van der Waals surface area contributed by atoms with Crippen molar-refractivity contribution in [1.29, 1.82) is 0 Å². The molecule has 1 unspecified atom stereocenters. The average molecular weight is 389 g/mol. The van der Waals surface area contributed by atoms with Crippen molar-refractivity contribution in [2.75, 3.05) is 26.3 Å². The molecule has 0 spiro atoms. The van der Waals surface area contributed by atoms with Crippen LogP contribution in [0.4, 0.5) is 0 Å². The van der Waals surface area contributed by atoms with Gasteiger partial charge in [-0.25, -0.2) is 10.4 Å². The first-order valence-corrected chi connectivity index (χ1v) is 11.9. The molecule has 1 aliphatic heterocycles. The highest BCUT2D eigenvalue weighted by Crippen LogP contribution is 2.27. The Bertz CT molecular complexity index is 487. The standard InChI is InChI=1S/C25H44N2O/c1-3-5-6-7-8-9-10-14-18-25(17-4-2,23-24-15-12-11-13-16-24)26-27-19-21-28-22-20-27/h11-13,15-16,26H,3-10,14,17-23H2,1-2H3. The van der Waals surface area contributed by atoms with Gasteiger partial charge in [0.2, 0.25) is 0 Å². The molecule has 1 N–H and O–H groups in total. The van der Waals surface area contributed by atoms with Gasteiger partial charge in [0.1, 0.15) is 0 Å². The number of ether oxygens (including phenoxy) is 1. The zero-order valence-corrected chi connectivity index (χ0v) is 18.6. The van der Waals surface area contributed by atoms with Crippen LogP contribution in [0.15, 0.2) is 30.3 Å². The number of hydrogen-bond acceptors (Lipinski definition) is 3. The fourth-order valence-corrected chi connectivity index (χ4v) is 4.53. The Labute approximate surface area is 174 Å². The molecule has 0 aliphatic carbocycles. The molecule has 2 rings (SSSR count). The highest BCUT2D eigenvalue weighted by Gasteiger charge is 2.31. The number of hydrazine groups is 1. The van der Waals surface area contributed by atoms with Crippen molar-refractivity contribution in [3.63, 3.8) is 0 Å². The molecule has 0 saturated carbocycles. The molecule has 1 saturated heterocycles. The van der Waals surface area contributed by atoms with Crippen LogP contribution in [0.3, 0.4) is 0 Å². The van der Waals surface area contributed by atoms with E-state index in [1.807, 2.05) is 0 Å². The van der Waals surface area contributed by atoms with Gasteiger partial charge in [0.15, 0.2) is 0 Å². The van der Waals surface area contributed by atoms with Crippen LogP contribution >= 0.6 is 0 Å². The third-order valence-electron chi connectivity index (χ3n) is 6.03. The van der Waals surface area contributed by atoms with Crippen LogP contribution in [0.25, 0.3) is 0 Å². The van der Waals surface area contributed by atoms with Crippen LogP contribution < -0.4 is 5.43 Å². The van der Waals surface area contributed by atoms with Crippen molar-refractivity contribution in [2.24, 2.45) is 0 Å². The van der Waals surface area contributed by atoms with Gasteiger partial charge >= 0.3 is 0 Å². The normalized spacial score (nSPS) is 17.5. The second-order valence-corrected chi connectivity index (χ2v) is 8.63. The Morgan fingerprint density at radius 1 is 0.821 bits per heavy atom. The molecule has 0 bridgehead atoms. The summed E-state index contributed by atoms with van der Waals surface area (Å²) in [4.78, 5) is 0. The summed E-state index contributed by atoms with van der Waals surface area (Å²) in [5.74, 6) is 0. The van der Waals surface area contributed by atoms with Crippen LogP contribution in [-0.2, 0) is 11.2 Å². The molecule has 1 heterocycles. The van der Waals surface area contributed by atoms with Gasteiger partial charge in [-0.1, -0.05) is 102 Å². The lowest BCUT2D eigenvalue weighted by Gasteiger charge is -2.41. The van der Waals surface area contributed by atoms with E-state index in [4.69, 9.17) is 4.74 Å². The van der Waals surface area contributed by atoms with Gasteiger partial charge in [-0.2, -0.15) is 0 Å². The largest absolute Gasteiger partial charge is 0.379 e. The van der Waals surface area contributed by atoms with E-state index in [1.165, 1.54) is 76.2 Å². The quantitative estimate of drug-likeness (QED) is 0.365. The Morgan fingerprint density at radius 2 is 1.46 bits per heavy atom. The van der Waals surface area contributed by atoms with Gasteiger partial charge in [-0.3, -0.25) is 0 Å². The Balaban J connectivity index is 1.90. The van der Waals surface area contributed by atoms with Crippen molar-refractivity contribution >= 4 is 0 Å². The van der Waals surface area contributed by atoms with Crippen molar-refractivity contribution in [1.82, 2.24) is 10.4 Å². The third-order valence-corrected chi connectivity index (χ3v) is 6.03. The van der Waals surface area contributed by atoms with Gasteiger partial charge in [0.05, 0.1) is 13.2 Å². The van der Waals surface area contributed by atoms with E-state index in [0.717, 1.165) is 32.7 Å². The van der Waals surface area contributed by atoms with Gasteiger partial charge in [-0.15, -0.1) is 0 Å². The molecule has 1 aromatic carbocycles. The van der Waals surface area contributed by atoms with E-state index in [9.17, 15) is 0 Å². The molecular formula is C25H44N2O. The zero-order valence-electron chi connectivity index (χ0n) is 18.6. The number of morpholine rings is 1. The van der Waals surface area contributed by atoms with E-state index in [2.05, 4.69) is 54.6 Å². The Hall–Kier alpha value is -0.900. The van der Waals surface area contributed by atoms with E-state index < -0.39 is 0 Å². The topological polar surface area (TPSA) is 24.5 Å². The number of nitrogens with one attached hydrogen (secondary N) is 1. The molecule has 1 aliphatic rings. The summed E-state index contributed by atoms with van der Waals surface area (Å²) >= 11 is 0. The third kappa shape index (κ3) is 9.07. The van der Waals surface area contributed by atoms with E-state index in [0.29, 0.717) is 0 Å². The first-order valence-electron chi connectivity index (χ1n) is 11.9. The van der Waals surface area contributed by atoms with Gasteiger partial charge in [0.25, 0.3) is 0 Å². The summed E-state index contributed by atoms with van der Waals surface area (Å²) in [5.41, 5.74) is 5.62. The minimum Gasteiger partial charge on any atom is -0.379 e. The molecule has 0 aromatic heterocycles. The van der Waals surface area contributed by atoms with Crippen LogP contribution in [0.1, 0.15) is 90.0 Å². The summed E-state index contributed by atoms with van der Waals surface area (Å²) in [7, 11) is 0. The second-order valence-electron chi connectivity index (χ2n) is 8.63. The van der Waals surface area contributed by atoms with E-state index in [1.54, 1.807) is 0 Å². The number of benzene rings is 1. The summed E-state index contributed by atoms with van der Waals surface area (Å²) < 4.78 is 5.56. The first kappa shape index (κ1) is 23.4. The average Bonchev–Trinajstić information content (AvgIpc) is 2.72. The van der Waals surface area contributed by atoms with Gasteiger partial charge in [0, 0.05) is 18.6 Å². The number of rotatable bonds is 15. The summed E-state index contributed by atoms with van der Waals surface area (Å²) in [6, 6.07) is 11.1. The van der Waals surface area contributed by atoms with Crippen molar-refractivity contribution in [2.45, 2.75) is 96.4 Å². The summed E-state index contributed by atoms with van der Waals surface area (Å²) in [6.07, 6.45) is 15.9. The number of hydrogen-bond donors (Lipinski definition) is 1. The zero-order chi connectivity index (χ0) is 19.9. The van der Waals surface area contributed by atoms with Crippen LogP contribution in [-0.4, -0.2) is 36.9 Å². The lowest BCUT2D eigenvalue weighted by molar-refractivity contribution is -0.0171. The highest BCUT2D eigenvalue weighted by atomic mass is 16.5. The van der Waals surface area contributed by atoms with Gasteiger partial charge in [-0.05, 0) is 24.8 Å². The minimum atomic E-state index is 0.176. The predicted molar refractivity (Wildman–Crippen MR) is 121 cm³/mol. The van der Waals surface area contributed by atoms with Crippen molar-refractivity contribution in [3.05, 3.63) is 35.9 Å². The molecule has 3 heteroatoms. The van der Waals surface area contributed by atoms with Crippen LogP contribution in [0, 0.1) is 0 Å². The molecular weight excluding hydrogens is 344 g/mol. The number of unbranched alkanes of at least 4 members (excludes halogenated alkanes) is 7. The van der Waals surface area contributed by atoms with Crippen LogP contribution in [0.2, 0.25) is 0 Å². The smallest absolute Gasteiger partial charge is 0.0608 e. The maximum atomic E-state index is 5.56. The molecule has 1 aromatic rings. The Morgan fingerprint density at radius 3 is 2.11 bits per heavy atom. The maximum Gasteiger partial charge on any atom is 0.0608 e. The fraction of sp³-hybridized carbons (Fsp3) is 0.760. The molecule has 28 heavy (non-hydrogen) atoms. The molecule has 0 amide bonds. The fourth-order valence-electron chi connectivity index (χ4n) is 4.53. The maximum absolute atomic E-state index is 5.56. The monoisotopic (exact) mass is 388 g/mol. The first-order chi connectivity index (χ1) is 13.8. The predicted octanol–water partition coefficient (Wildman–Crippen LogP) is 6.14. The molecule has 160 valence electrons. The lowest BCUT2D eigenvalue weighted by Crippen LogP contribution is -2.58. The molecule has 1 atom stereocenters. The molecule has 3 nitrogen and oxygen atoms in total. The number of nitrogens with zero attached hydrogens (tertiary/aromatic N) is 1. The summed E-state index contributed by atoms with van der Waals surface area (Å²) in [5, 5.41) is 2.42. The SMILES string of the molecule is CCCCCCCCCCC(CCC)(Cc1ccccc1)NN1CCOCC1. The van der Waals surface area contributed by atoms with Crippen molar-refractivity contribution < 1.29 is 4.74 Å². The molecule has 1 fully saturated rings. The van der Waals surface area contributed by atoms with E-state index in [-0.39, 0.29) is 5.54 Å². The lowest BCUT2D eigenvalue weighted by atomic mass is 9.82. The van der Waals surface area contributed by atoms with Crippen molar-refractivity contribution in [3.8, 4) is 0 Å². The molecule has 0 radical (unpaired) electrons. The highest BCUT2D eigenvalue weighted by molar-refractivity contribution is 5.18.